The number of aliphatic carboxylic acids is 1. The first-order valence-electron chi connectivity index (χ1n) is 10.6. The van der Waals surface area contributed by atoms with Crippen LogP contribution in [0.15, 0.2) is 23.3 Å². The number of carboxylic acids is 1. The van der Waals surface area contributed by atoms with Gasteiger partial charge in [-0.25, -0.2) is 4.79 Å². The minimum atomic E-state index is -1.18. The van der Waals surface area contributed by atoms with Crippen molar-refractivity contribution in [1.29, 1.82) is 0 Å². The predicted molar refractivity (Wildman–Crippen MR) is 107 cm³/mol. The van der Waals surface area contributed by atoms with E-state index in [1.54, 1.807) is 0 Å². The van der Waals surface area contributed by atoms with Crippen LogP contribution in [0.2, 0.25) is 0 Å². The number of ether oxygens (including phenoxy) is 2. The smallest absolute Gasteiger partial charge is 0.334 e. The van der Waals surface area contributed by atoms with Crippen molar-refractivity contribution in [1.82, 2.24) is 0 Å². The number of carbonyl (C=O) groups is 3. The van der Waals surface area contributed by atoms with Gasteiger partial charge in [-0.2, -0.15) is 0 Å². The molecule has 1 saturated heterocycles. The molecule has 0 aromatic carbocycles. The molecule has 6 nitrogen and oxygen atoms in total. The number of carboxylic acid groups (broad SMARTS) is 1. The van der Waals surface area contributed by atoms with Crippen LogP contribution in [0.4, 0.5) is 0 Å². The van der Waals surface area contributed by atoms with Crippen molar-refractivity contribution in [2.24, 2.45) is 22.7 Å². The fourth-order valence-corrected chi connectivity index (χ4v) is 5.73. The van der Waals surface area contributed by atoms with E-state index in [0.29, 0.717) is 18.4 Å². The van der Waals surface area contributed by atoms with Crippen molar-refractivity contribution in [3.05, 3.63) is 23.3 Å². The quantitative estimate of drug-likeness (QED) is 0.391. The van der Waals surface area contributed by atoms with Gasteiger partial charge in [-0.05, 0) is 68.8 Å². The lowest BCUT2D eigenvalue weighted by molar-refractivity contribution is -0.150. The molecule has 3 aliphatic rings. The molecule has 1 N–H and O–H groups in total. The van der Waals surface area contributed by atoms with Gasteiger partial charge in [0.25, 0.3) is 0 Å². The maximum absolute atomic E-state index is 12.3. The average Bonchev–Trinajstić information content (AvgIpc) is 2.99. The van der Waals surface area contributed by atoms with Gasteiger partial charge in [0.2, 0.25) is 0 Å². The molecular weight excluding hydrogens is 372 g/mol. The van der Waals surface area contributed by atoms with Crippen LogP contribution in [-0.4, -0.2) is 36.2 Å². The fourth-order valence-electron chi connectivity index (χ4n) is 5.73. The van der Waals surface area contributed by atoms with Crippen LogP contribution >= 0.6 is 0 Å². The standard InChI is InChI=1S/C23H32O6/c1-15(9-12-28-20(26)13-19(24)25)7-10-22(3)16(2)8-11-23-14-29-21(27)17(23)5-4-6-18(22)23/h5,9,16,18H,4,6-8,10-14H2,1-3H3,(H,24,25). The Kier molecular flexibility index (Phi) is 6.20. The van der Waals surface area contributed by atoms with Gasteiger partial charge in [0.15, 0.2) is 0 Å². The summed E-state index contributed by atoms with van der Waals surface area (Å²) in [5.74, 6) is -1.02. The highest BCUT2D eigenvalue weighted by atomic mass is 16.5. The monoisotopic (exact) mass is 404 g/mol. The second-order valence-electron chi connectivity index (χ2n) is 9.23. The zero-order valence-electron chi connectivity index (χ0n) is 17.7. The molecule has 6 heteroatoms. The Morgan fingerprint density at radius 3 is 2.86 bits per heavy atom. The zero-order valence-corrected chi connectivity index (χ0v) is 17.7. The summed E-state index contributed by atoms with van der Waals surface area (Å²) >= 11 is 0. The van der Waals surface area contributed by atoms with Crippen LogP contribution in [0.1, 0.15) is 65.7 Å². The number of hydrogen-bond acceptors (Lipinski definition) is 5. The first kappa shape index (κ1) is 21.6. The Morgan fingerprint density at radius 2 is 2.14 bits per heavy atom. The molecular formula is C23H32O6. The molecule has 2 fully saturated rings. The summed E-state index contributed by atoms with van der Waals surface area (Å²) in [5, 5.41) is 8.60. The third-order valence-electron chi connectivity index (χ3n) is 7.66. The third-order valence-corrected chi connectivity index (χ3v) is 7.66. The summed E-state index contributed by atoms with van der Waals surface area (Å²) in [7, 11) is 0. The topological polar surface area (TPSA) is 89.9 Å². The number of cyclic esters (lactones) is 1. The van der Waals surface area contributed by atoms with E-state index in [1.807, 2.05) is 13.0 Å². The molecule has 0 bridgehead atoms. The Hall–Kier alpha value is -2.11. The highest BCUT2D eigenvalue weighted by Crippen LogP contribution is 2.63. The van der Waals surface area contributed by atoms with Gasteiger partial charge < -0.3 is 14.6 Å². The number of allylic oxidation sites excluding steroid dienone is 2. The zero-order chi connectivity index (χ0) is 21.2. The minimum absolute atomic E-state index is 0.104. The van der Waals surface area contributed by atoms with Crippen molar-refractivity contribution in [3.8, 4) is 0 Å². The highest BCUT2D eigenvalue weighted by molar-refractivity contribution is 5.92. The summed E-state index contributed by atoms with van der Waals surface area (Å²) in [6.45, 7) is 7.35. The SMILES string of the molecule is CC(=CCOC(=O)CC(=O)O)CCC1(C)C(C)CCC23COC(=O)C2=CCCC31. The molecule has 29 heavy (non-hydrogen) atoms. The van der Waals surface area contributed by atoms with E-state index >= 15 is 0 Å². The number of rotatable bonds is 7. The van der Waals surface area contributed by atoms with E-state index < -0.39 is 18.4 Å². The molecule has 160 valence electrons. The second-order valence-corrected chi connectivity index (χ2v) is 9.23. The molecule has 0 aromatic rings. The lowest BCUT2D eigenvalue weighted by Gasteiger charge is -2.56. The van der Waals surface area contributed by atoms with E-state index in [9.17, 15) is 14.4 Å². The first-order chi connectivity index (χ1) is 13.7. The summed E-state index contributed by atoms with van der Waals surface area (Å²) in [5.41, 5.74) is 2.05. The molecule has 0 aromatic heterocycles. The Morgan fingerprint density at radius 1 is 1.38 bits per heavy atom. The number of esters is 2. The molecule has 0 radical (unpaired) electrons. The molecule has 3 rings (SSSR count). The summed E-state index contributed by atoms with van der Waals surface area (Å²) in [4.78, 5) is 34.1. The minimum Gasteiger partial charge on any atom is -0.481 e. The van der Waals surface area contributed by atoms with Gasteiger partial charge in [0.1, 0.15) is 19.6 Å². The summed E-state index contributed by atoms with van der Waals surface area (Å²) < 4.78 is 10.5. The van der Waals surface area contributed by atoms with Gasteiger partial charge in [0, 0.05) is 11.0 Å². The van der Waals surface area contributed by atoms with Crippen molar-refractivity contribution in [2.75, 3.05) is 13.2 Å². The normalized spacial score (nSPS) is 34.0. The molecule has 0 amide bonds. The Labute approximate surface area is 172 Å². The molecule has 1 saturated carbocycles. The lowest BCUT2D eigenvalue weighted by Crippen LogP contribution is -2.51. The Bertz CT molecular complexity index is 750. The van der Waals surface area contributed by atoms with Gasteiger partial charge in [-0.1, -0.05) is 25.5 Å². The predicted octanol–water partition coefficient (Wildman–Crippen LogP) is 4.05. The molecule has 2 aliphatic carbocycles. The van der Waals surface area contributed by atoms with E-state index in [1.165, 1.54) is 0 Å². The molecule has 1 heterocycles. The van der Waals surface area contributed by atoms with Gasteiger partial charge in [0.05, 0.1) is 0 Å². The maximum atomic E-state index is 12.3. The Balaban J connectivity index is 1.65. The van der Waals surface area contributed by atoms with Crippen LogP contribution in [0.25, 0.3) is 0 Å². The van der Waals surface area contributed by atoms with Crippen molar-refractivity contribution in [3.63, 3.8) is 0 Å². The first-order valence-corrected chi connectivity index (χ1v) is 10.6. The van der Waals surface area contributed by atoms with Gasteiger partial charge >= 0.3 is 17.9 Å². The van der Waals surface area contributed by atoms with E-state index in [4.69, 9.17) is 14.6 Å². The largest absolute Gasteiger partial charge is 0.481 e. The average molecular weight is 405 g/mol. The second kappa shape index (κ2) is 8.33. The molecule has 1 aliphatic heterocycles. The van der Waals surface area contributed by atoms with Crippen LogP contribution in [0.3, 0.4) is 0 Å². The van der Waals surface area contributed by atoms with Crippen molar-refractivity contribution >= 4 is 17.9 Å². The summed E-state index contributed by atoms with van der Waals surface area (Å²) in [6, 6.07) is 0. The van der Waals surface area contributed by atoms with Crippen LogP contribution in [0.5, 0.6) is 0 Å². The fraction of sp³-hybridized carbons (Fsp3) is 0.696. The van der Waals surface area contributed by atoms with Gasteiger partial charge in [-0.15, -0.1) is 0 Å². The maximum Gasteiger partial charge on any atom is 0.334 e. The summed E-state index contributed by atoms with van der Waals surface area (Å²) in [6.07, 6.45) is 9.41. The molecule has 4 atom stereocenters. The highest BCUT2D eigenvalue weighted by Gasteiger charge is 2.60. The number of carbonyl (C=O) groups excluding carboxylic acids is 2. The van der Waals surface area contributed by atoms with Crippen LogP contribution in [0, 0.1) is 22.7 Å². The van der Waals surface area contributed by atoms with Gasteiger partial charge in [-0.3, -0.25) is 9.59 Å². The van der Waals surface area contributed by atoms with E-state index in [2.05, 4.69) is 19.9 Å². The van der Waals surface area contributed by atoms with Crippen LogP contribution < -0.4 is 0 Å². The van der Waals surface area contributed by atoms with E-state index in [0.717, 1.165) is 49.7 Å². The van der Waals surface area contributed by atoms with E-state index in [-0.39, 0.29) is 23.4 Å². The lowest BCUT2D eigenvalue weighted by atomic mass is 9.47. The third kappa shape index (κ3) is 4.12. The molecule has 4 unspecified atom stereocenters. The molecule has 1 spiro atoms. The van der Waals surface area contributed by atoms with Crippen molar-refractivity contribution < 1.29 is 29.0 Å². The van der Waals surface area contributed by atoms with Crippen LogP contribution in [-0.2, 0) is 23.9 Å². The van der Waals surface area contributed by atoms with Crippen molar-refractivity contribution in [2.45, 2.75) is 65.7 Å². The number of hydrogen-bond donors (Lipinski definition) is 1.